The highest BCUT2D eigenvalue weighted by Crippen LogP contribution is 2.29. The van der Waals surface area contributed by atoms with E-state index in [9.17, 15) is 4.79 Å². The second-order valence-corrected chi connectivity index (χ2v) is 4.71. The van der Waals surface area contributed by atoms with Crippen molar-refractivity contribution in [3.63, 3.8) is 0 Å². The number of carbonyl (C=O) groups is 1. The van der Waals surface area contributed by atoms with Gasteiger partial charge in [0.15, 0.2) is 6.29 Å². The quantitative estimate of drug-likeness (QED) is 0.598. The molecule has 1 aromatic heterocycles. The zero-order valence-electron chi connectivity index (χ0n) is 9.90. The first-order valence-electron chi connectivity index (χ1n) is 5.96. The van der Waals surface area contributed by atoms with Gasteiger partial charge in [-0.15, -0.1) is 0 Å². The van der Waals surface area contributed by atoms with E-state index in [0.29, 0.717) is 11.4 Å². The topological polar surface area (TPSA) is 46.1 Å². The molecule has 0 atom stereocenters. The predicted octanol–water partition coefficient (Wildman–Crippen LogP) is 2.57. The summed E-state index contributed by atoms with van der Waals surface area (Å²) in [7, 11) is 0. The van der Waals surface area contributed by atoms with E-state index >= 15 is 0 Å². The van der Waals surface area contributed by atoms with Crippen molar-refractivity contribution < 1.29 is 4.79 Å². The Balaban J connectivity index is 2.22. The molecule has 0 radical (unpaired) electrons. The van der Waals surface area contributed by atoms with Gasteiger partial charge in [-0.3, -0.25) is 4.79 Å². The maximum atomic E-state index is 11.0. The second-order valence-electron chi connectivity index (χ2n) is 4.36. The molecule has 0 spiro atoms. The third-order valence-corrected chi connectivity index (χ3v) is 3.62. The Labute approximate surface area is 106 Å². The van der Waals surface area contributed by atoms with E-state index in [4.69, 9.17) is 11.6 Å². The lowest BCUT2D eigenvalue weighted by molar-refractivity contribution is 0.112. The summed E-state index contributed by atoms with van der Waals surface area (Å²) in [5.41, 5.74) is 0.398. The first-order valence-corrected chi connectivity index (χ1v) is 6.34. The summed E-state index contributed by atoms with van der Waals surface area (Å²) in [6, 6.07) is 0. The van der Waals surface area contributed by atoms with Crippen LogP contribution in [-0.2, 0) is 0 Å². The zero-order valence-corrected chi connectivity index (χ0v) is 10.7. The number of hydrogen-bond donors (Lipinski definition) is 0. The average Bonchev–Trinajstić information content (AvgIpc) is 2.28. The lowest BCUT2D eigenvalue weighted by Crippen LogP contribution is -2.33. The summed E-state index contributed by atoms with van der Waals surface area (Å²) in [4.78, 5) is 21.2. The Morgan fingerprint density at radius 1 is 1.53 bits per heavy atom. The number of aromatic nitrogens is 2. The minimum atomic E-state index is 0.233. The van der Waals surface area contributed by atoms with Crippen LogP contribution in [0, 0.1) is 5.92 Å². The Hall–Kier alpha value is -1.16. The molecule has 5 heteroatoms. The Morgan fingerprint density at radius 3 is 2.82 bits per heavy atom. The highest BCUT2D eigenvalue weighted by atomic mass is 35.5. The molecule has 0 amide bonds. The van der Waals surface area contributed by atoms with Crippen molar-refractivity contribution in [3.05, 3.63) is 17.0 Å². The van der Waals surface area contributed by atoms with Gasteiger partial charge in [-0.1, -0.05) is 18.0 Å². The molecule has 2 rings (SSSR count). The summed E-state index contributed by atoms with van der Waals surface area (Å²) in [6.07, 6.45) is 6.00. The number of nitrogens with zero attached hydrogens (tertiary/aromatic N) is 3. The standard InChI is InChI=1S/C12H16ClN3O/c1-2-16(6-9-4-3-5-9)12-10(7-17)11(13)14-8-15-12/h7-9H,2-6H2,1H3. The van der Waals surface area contributed by atoms with Crippen LogP contribution in [0.5, 0.6) is 0 Å². The maximum absolute atomic E-state index is 11.0. The van der Waals surface area contributed by atoms with Crippen LogP contribution in [0.1, 0.15) is 36.5 Å². The van der Waals surface area contributed by atoms with Gasteiger partial charge in [0.2, 0.25) is 0 Å². The van der Waals surface area contributed by atoms with Crippen LogP contribution in [0.15, 0.2) is 6.33 Å². The van der Waals surface area contributed by atoms with Gasteiger partial charge in [-0.05, 0) is 25.7 Å². The van der Waals surface area contributed by atoms with Crippen molar-refractivity contribution in [2.45, 2.75) is 26.2 Å². The van der Waals surface area contributed by atoms with Crippen LogP contribution in [0.25, 0.3) is 0 Å². The van der Waals surface area contributed by atoms with Crippen LogP contribution >= 0.6 is 11.6 Å². The van der Waals surface area contributed by atoms with E-state index in [1.807, 2.05) is 0 Å². The van der Waals surface area contributed by atoms with Crippen molar-refractivity contribution >= 4 is 23.7 Å². The lowest BCUT2D eigenvalue weighted by Gasteiger charge is -2.32. The lowest BCUT2D eigenvalue weighted by atomic mass is 9.85. The van der Waals surface area contributed by atoms with Gasteiger partial charge in [0.05, 0.1) is 5.56 Å². The zero-order chi connectivity index (χ0) is 12.3. The maximum Gasteiger partial charge on any atom is 0.156 e. The molecular weight excluding hydrogens is 238 g/mol. The summed E-state index contributed by atoms with van der Waals surface area (Å²) >= 11 is 5.91. The third-order valence-electron chi connectivity index (χ3n) is 3.32. The third kappa shape index (κ3) is 2.57. The van der Waals surface area contributed by atoms with E-state index < -0.39 is 0 Å². The minimum absolute atomic E-state index is 0.233. The molecule has 4 nitrogen and oxygen atoms in total. The van der Waals surface area contributed by atoms with E-state index in [2.05, 4.69) is 21.8 Å². The number of hydrogen-bond acceptors (Lipinski definition) is 4. The van der Waals surface area contributed by atoms with Gasteiger partial charge in [-0.2, -0.15) is 0 Å². The number of rotatable bonds is 5. The van der Waals surface area contributed by atoms with Crippen molar-refractivity contribution in [1.29, 1.82) is 0 Å². The van der Waals surface area contributed by atoms with Gasteiger partial charge in [0.25, 0.3) is 0 Å². The largest absolute Gasteiger partial charge is 0.356 e. The fourth-order valence-electron chi connectivity index (χ4n) is 2.07. The summed E-state index contributed by atoms with van der Waals surface area (Å²) < 4.78 is 0. The van der Waals surface area contributed by atoms with Crippen molar-refractivity contribution in [2.24, 2.45) is 5.92 Å². The fourth-order valence-corrected chi connectivity index (χ4v) is 2.24. The normalized spacial score (nSPS) is 15.4. The van der Waals surface area contributed by atoms with Crippen LogP contribution in [0.3, 0.4) is 0 Å². The molecule has 0 aliphatic heterocycles. The second kappa shape index (κ2) is 5.45. The Morgan fingerprint density at radius 2 is 2.29 bits per heavy atom. The first-order chi connectivity index (χ1) is 8.26. The van der Waals surface area contributed by atoms with Gasteiger partial charge in [0, 0.05) is 13.1 Å². The van der Waals surface area contributed by atoms with Crippen LogP contribution in [-0.4, -0.2) is 29.3 Å². The Kier molecular flexibility index (Phi) is 3.94. The van der Waals surface area contributed by atoms with Crippen LogP contribution in [0.2, 0.25) is 5.15 Å². The van der Waals surface area contributed by atoms with Crippen LogP contribution < -0.4 is 4.90 Å². The number of anilines is 1. The highest BCUT2D eigenvalue weighted by Gasteiger charge is 2.22. The fraction of sp³-hybridized carbons (Fsp3) is 0.583. The monoisotopic (exact) mass is 253 g/mol. The molecule has 1 aliphatic rings. The van der Waals surface area contributed by atoms with Crippen molar-refractivity contribution in [2.75, 3.05) is 18.0 Å². The van der Waals surface area contributed by atoms with Gasteiger partial charge in [-0.25, -0.2) is 9.97 Å². The molecular formula is C12H16ClN3O. The molecule has 0 aromatic carbocycles. The highest BCUT2D eigenvalue weighted by molar-refractivity contribution is 6.32. The molecule has 1 aromatic rings. The van der Waals surface area contributed by atoms with E-state index in [0.717, 1.165) is 25.3 Å². The number of aldehydes is 1. The molecule has 1 heterocycles. The van der Waals surface area contributed by atoms with Crippen molar-refractivity contribution in [3.8, 4) is 0 Å². The number of carbonyl (C=O) groups excluding carboxylic acids is 1. The SMILES string of the molecule is CCN(CC1CCC1)c1ncnc(Cl)c1C=O. The average molecular weight is 254 g/mol. The Bertz CT molecular complexity index is 407. The first kappa shape index (κ1) is 12.3. The van der Waals surface area contributed by atoms with Gasteiger partial charge < -0.3 is 4.90 Å². The molecule has 92 valence electrons. The molecule has 0 unspecified atom stereocenters. The van der Waals surface area contributed by atoms with Gasteiger partial charge >= 0.3 is 0 Å². The van der Waals surface area contributed by atoms with E-state index in [1.165, 1.54) is 25.6 Å². The molecule has 0 bridgehead atoms. The minimum Gasteiger partial charge on any atom is -0.356 e. The number of halogens is 1. The summed E-state index contributed by atoms with van der Waals surface area (Å²) in [5, 5.41) is 0.233. The molecule has 0 saturated heterocycles. The molecule has 1 aliphatic carbocycles. The van der Waals surface area contributed by atoms with E-state index in [1.54, 1.807) is 0 Å². The summed E-state index contributed by atoms with van der Waals surface area (Å²) in [5.74, 6) is 1.39. The summed E-state index contributed by atoms with van der Waals surface area (Å²) in [6.45, 7) is 3.83. The van der Waals surface area contributed by atoms with E-state index in [-0.39, 0.29) is 5.15 Å². The van der Waals surface area contributed by atoms with Crippen LogP contribution in [0.4, 0.5) is 5.82 Å². The van der Waals surface area contributed by atoms with Gasteiger partial charge in [0.1, 0.15) is 17.3 Å². The van der Waals surface area contributed by atoms with Crippen molar-refractivity contribution in [1.82, 2.24) is 9.97 Å². The molecule has 0 N–H and O–H groups in total. The molecule has 1 saturated carbocycles. The molecule has 1 fully saturated rings. The smallest absolute Gasteiger partial charge is 0.156 e. The molecule has 17 heavy (non-hydrogen) atoms. The predicted molar refractivity (Wildman–Crippen MR) is 67.7 cm³/mol.